The van der Waals surface area contributed by atoms with Crippen molar-refractivity contribution >= 4 is 22.7 Å². The standard InChI is InChI=1S/C24H30N4O5S/c1-24(2,3)33-23(30)27-12-10-19(11-13-27)28(18-6-7-18)22(29)17-14-25-21(26-15-17)16-4-8-20(9-5-16)34(31)32/h4-5,8-9,14-15,18-19,34H,6-7,10-13H2,1-3H3. The van der Waals surface area contributed by atoms with E-state index in [4.69, 9.17) is 4.74 Å². The molecule has 1 saturated carbocycles. The molecule has 1 aliphatic carbocycles. The normalized spacial score (nSPS) is 17.0. The number of hydrogen-bond donors (Lipinski definition) is 1. The van der Waals surface area contributed by atoms with E-state index in [-0.39, 0.29) is 29.0 Å². The van der Waals surface area contributed by atoms with Crippen LogP contribution in [0.3, 0.4) is 0 Å². The van der Waals surface area contributed by atoms with Crippen molar-refractivity contribution in [3.05, 3.63) is 42.2 Å². The molecule has 10 heteroatoms. The van der Waals surface area contributed by atoms with E-state index in [1.54, 1.807) is 17.0 Å². The van der Waals surface area contributed by atoms with E-state index in [9.17, 15) is 18.0 Å². The average Bonchev–Trinajstić information content (AvgIpc) is 3.64. The summed E-state index contributed by atoms with van der Waals surface area (Å²) in [6.07, 6.45) is 6.10. The van der Waals surface area contributed by atoms with Gasteiger partial charge < -0.3 is 14.5 Å². The van der Waals surface area contributed by atoms with Gasteiger partial charge in [-0.1, -0.05) is 0 Å². The largest absolute Gasteiger partial charge is 0.444 e. The molecular formula is C24H30N4O5S. The molecule has 0 spiro atoms. The Bertz CT molecular complexity index is 1110. The lowest BCUT2D eigenvalue weighted by Crippen LogP contribution is -2.50. The SMILES string of the molecule is CC(C)(C)OC(=O)N1CCC(N(C(=O)c2cnc(-c3ccc([SH](=O)=O)cc3)nc2)C2CC2)CC1. The number of benzene rings is 1. The fourth-order valence-electron chi connectivity index (χ4n) is 4.10. The summed E-state index contributed by atoms with van der Waals surface area (Å²) in [7, 11) is -2.64. The van der Waals surface area contributed by atoms with E-state index in [0.717, 1.165) is 12.8 Å². The highest BCUT2D eigenvalue weighted by Gasteiger charge is 2.40. The maximum Gasteiger partial charge on any atom is 0.410 e. The van der Waals surface area contributed by atoms with E-state index < -0.39 is 16.3 Å². The number of hydrogen-bond acceptors (Lipinski definition) is 7. The zero-order chi connectivity index (χ0) is 24.5. The highest BCUT2D eigenvalue weighted by atomic mass is 32.2. The Kier molecular flexibility index (Phi) is 6.88. The second kappa shape index (κ2) is 9.69. The van der Waals surface area contributed by atoms with E-state index >= 15 is 0 Å². The summed E-state index contributed by atoms with van der Waals surface area (Å²) in [5.41, 5.74) is 0.561. The van der Waals surface area contributed by atoms with Gasteiger partial charge in [0.05, 0.1) is 10.5 Å². The molecule has 2 amide bonds. The maximum atomic E-state index is 13.4. The second-order valence-electron chi connectivity index (χ2n) is 9.74. The van der Waals surface area contributed by atoms with Gasteiger partial charge in [-0.15, -0.1) is 0 Å². The van der Waals surface area contributed by atoms with Crippen LogP contribution in [-0.4, -0.2) is 71.0 Å². The van der Waals surface area contributed by atoms with Crippen LogP contribution in [-0.2, 0) is 15.4 Å². The first-order valence-corrected chi connectivity index (χ1v) is 12.7. The monoisotopic (exact) mass is 486 g/mol. The third-order valence-electron chi connectivity index (χ3n) is 5.92. The van der Waals surface area contributed by atoms with Gasteiger partial charge in [-0.05, 0) is 70.7 Å². The molecular weight excluding hydrogens is 456 g/mol. The van der Waals surface area contributed by atoms with Crippen LogP contribution in [0.2, 0.25) is 0 Å². The van der Waals surface area contributed by atoms with E-state index in [0.29, 0.717) is 42.9 Å². The smallest absolute Gasteiger partial charge is 0.410 e. The molecule has 9 nitrogen and oxygen atoms in total. The molecule has 0 radical (unpaired) electrons. The van der Waals surface area contributed by atoms with Crippen LogP contribution in [0.5, 0.6) is 0 Å². The number of ether oxygens (including phenoxy) is 1. The summed E-state index contributed by atoms with van der Waals surface area (Å²) in [6, 6.07) is 6.56. The molecule has 0 bridgehead atoms. The van der Waals surface area contributed by atoms with E-state index in [1.807, 2.05) is 25.7 Å². The molecule has 2 aliphatic rings. The predicted molar refractivity (Wildman–Crippen MR) is 126 cm³/mol. The number of thiol groups is 1. The fraction of sp³-hybridized carbons (Fsp3) is 0.500. The average molecular weight is 487 g/mol. The molecule has 4 rings (SSSR count). The van der Waals surface area contributed by atoms with Crippen molar-refractivity contribution < 1.29 is 22.7 Å². The lowest BCUT2D eigenvalue weighted by molar-refractivity contribution is 0.0142. The lowest BCUT2D eigenvalue weighted by Gasteiger charge is -2.39. The Morgan fingerprint density at radius 2 is 1.53 bits per heavy atom. The quantitative estimate of drug-likeness (QED) is 0.647. The van der Waals surface area contributed by atoms with Crippen LogP contribution in [0.4, 0.5) is 4.79 Å². The molecule has 1 aromatic heterocycles. The summed E-state index contributed by atoms with van der Waals surface area (Å²) in [5, 5.41) is 0. The first-order valence-electron chi connectivity index (χ1n) is 11.5. The van der Waals surface area contributed by atoms with Gasteiger partial charge in [0.25, 0.3) is 5.91 Å². The van der Waals surface area contributed by atoms with Crippen LogP contribution in [0.1, 0.15) is 56.8 Å². The van der Waals surface area contributed by atoms with Crippen LogP contribution in [0.15, 0.2) is 41.6 Å². The number of carbonyl (C=O) groups excluding carboxylic acids is 2. The van der Waals surface area contributed by atoms with Crippen molar-refractivity contribution in [1.29, 1.82) is 0 Å². The van der Waals surface area contributed by atoms with Crippen molar-refractivity contribution in [1.82, 2.24) is 19.8 Å². The Labute approximate surface area is 201 Å². The molecule has 0 atom stereocenters. The van der Waals surface area contributed by atoms with Gasteiger partial charge in [-0.3, -0.25) is 4.79 Å². The van der Waals surface area contributed by atoms with Crippen LogP contribution >= 0.6 is 0 Å². The highest BCUT2D eigenvalue weighted by molar-refractivity contribution is 7.72. The number of nitrogens with zero attached hydrogens (tertiary/aromatic N) is 4. The van der Waals surface area contributed by atoms with Gasteiger partial charge in [0.2, 0.25) is 0 Å². The van der Waals surface area contributed by atoms with Crippen molar-refractivity contribution in [2.24, 2.45) is 0 Å². The Morgan fingerprint density at radius 1 is 0.971 bits per heavy atom. The van der Waals surface area contributed by atoms with Crippen molar-refractivity contribution in [2.45, 2.75) is 69.0 Å². The molecule has 0 unspecified atom stereocenters. The van der Waals surface area contributed by atoms with Gasteiger partial charge in [-0.2, -0.15) is 0 Å². The Balaban J connectivity index is 1.42. The van der Waals surface area contributed by atoms with E-state index in [1.165, 1.54) is 24.5 Å². The van der Waals surface area contributed by atoms with Gasteiger partial charge in [0, 0.05) is 43.1 Å². The van der Waals surface area contributed by atoms with Crippen LogP contribution < -0.4 is 0 Å². The number of aromatic nitrogens is 2. The third-order valence-corrected chi connectivity index (χ3v) is 6.64. The molecule has 0 N–H and O–H groups in total. The lowest BCUT2D eigenvalue weighted by atomic mass is 10.0. The third kappa shape index (κ3) is 5.72. The zero-order valence-electron chi connectivity index (χ0n) is 19.6. The summed E-state index contributed by atoms with van der Waals surface area (Å²) < 4.78 is 27.6. The minimum Gasteiger partial charge on any atom is -0.444 e. The summed E-state index contributed by atoms with van der Waals surface area (Å²) in [6.45, 7) is 6.65. The summed E-state index contributed by atoms with van der Waals surface area (Å²) in [5.74, 6) is 0.330. The number of rotatable bonds is 5. The molecule has 1 aromatic carbocycles. The minimum absolute atomic E-state index is 0.0555. The summed E-state index contributed by atoms with van der Waals surface area (Å²) >= 11 is 0. The predicted octanol–water partition coefficient (Wildman–Crippen LogP) is 3.12. The Hall–Kier alpha value is -3.01. The fourth-order valence-corrected chi connectivity index (χ4v) is 4.50. The van der Waals surface area contributed by atoms with Gasteiger partial charge >= 0.3 is 6.09 Å². The Morgan fingerprint density at radius 3 is 2.03 bits per heavy atom. The molecule has 34 heavy (non-hydrogen) atoms. The molecule has 1 aliphatic heterocycles. The molecule has 182 valence electrons. The van der Waals surface area contributed by atoms with Gasteiger partial charge in [-0.25, -0.2) is 23.2 Å². The van der Waals surface area contributed by atoms with Crippen molar-refractivity contribution in [2.75, 3.05) is 13.1 Å². The van der Waals surface area contributed by atoms with Gasteiger partial charge in [0.1, 0.15) is 5.60 Å². The van der Waals surface area contributed by atoms with Gasteiger partial charge in [0.15, 0.2) is 16.5 Å². The minimum atomic E-state index is -2.64. The number of piperidine rings is 1. The molecule has 2 aromatic rings. The topological polar surface area (TPSA) is 110 Å². The van der Waals surface area contributed by atoms with Crippen molar-refractivity contribution in [3.63, 3.8) is 0 Å². The first kappa shape index (κ1) is 24.1. The van der Waals surface area contributed by atoms with E-state index in [2.05, 4.69) is 9.97 Å². The van der Waals surface area contributed by atoms with Crippen LogP contribution in [0, 0.1) is 0 Å². The number of carbonyl (C=O) groups is 2. The van der Waals surface area contributed by atoms with Crippen molar-refractivity contribution in [3.8, 4) is 11.4 Å². The number of likely N-dealkylation sites (tertiary alicyclic amines) is 1. The molecule has 1 saturated heterocycles. The number of amides is 2. The summed E-state index contributed by atoms with van der Waals surface area (Å²) in [4.78, 5) is 38.3. The maximum absolute atomic E-state index is 13.4. The second-order valence-corrected chi connectivity index (χ2v) is 10.8. The zero-order valence-corrected chi connectivity index (χ0v) is 20.5. The molecule has 2 heterocycles. The first-order chi connectivity index (χ1) is 16.1. The molecule has 2 fully saturated rings. The highest BCUT2D eigenvalue weighted by Crippen LogP contribution is 2.33. The van der Waals surface area contributed by atoms with Crippen LogP contribution in [0.25, 0.3) is 11.4 Å².